The quantitative estimate of drug-likeness (QED) is 0.345. The van der Waals surface area contributed by atoms with Crippen molar-refractivity contribution in [3.63, 3.8) is 0 Å². The summed E-state index contributed by atoms with van der Waals surface area (Å²) in [6, 6.07) is 5.60. The topological polar surface area (TPSA) is 87.7 Å². The third kappa shape index (κ3) is 3.46. The molecule has 1 rings (SSSR count). The molecule has 0 spiro atoms. The molecule has 0 saturated heterocycles. The Morgan fingerprint density at radius 2 is 2.28 bits per heavy atom. The van der Waals surface area contributed by atoms with Gasteiger partial charge in [-0.25, -0.2) is 0 Å². The Labute approximate surface area is 114 Å². The normalized spacial score (nSPS) is 13.2. The Kier molecular flexibility index (Phi) is 5.15. The lowest BCUT2D eigenvalue weighted by Crippen LogP contribution is -2.34. The van der Waals surface area contributed by atoms with Crippen LogP contribution in [0.2, 0.25) is 0 Å². The minimum absolute atomic E-state index is 0.0809. The van der Waals surface area contributed by atoms with Crippen LogP contribution in [0.5, 0.6) is 0 Å². The number of amidine groups is 1. The minimum atomic E-state index is -0.631. The average Bonchev–Trinajstić information content (AvgIpc) is 2.34. The molecule has 0 heterocycles. The molecule has 0 aliphatic heterocycles. The molecule has 0 aromatic heterocycles. The van der Waals surface area contributed by atoms with Crippen molar-refractivity contribution in [1.82, 2.24) is 0 Å². The van der Waals surface area contributed by atoms with Crippen molar-refractivity contribution in [2.45, 2.75) is 20.3 Å². The Morgan fingerprint density at radius 3 is 2.83 bits per heavy atom. The van der Waals surface area contributed by atoms with Gasteiger partial charge in [0, 0.05) is 10.2 Å². The van der Waals surface area contributed by atoms with E-state index in [9.17, 15) is 4.79 Å². The number of benzene rings is 1. The van der Waals surface area contributed by atoms with Crippen LogP contribution in [-0.4, -0.2) is 17.0 Å². The molecule has 0 saturated carbocycles. The number of nitrogens with zero attached hydrogens (tertiary/aromatic N) is 1. The fraction of sp³-hybridized carbons (Fsp3) is 0.333. The molecule has 6 heteroatoms. The molecule has 1 aromatic rings. The summed E-state index contributed by atoms with van der Waals surface area (Å²) in [7, 11) is 0. The van der Waals surface area contributed by atoms with E-state index in [0.717, 1.165) is 10.0 Å². The van der Waals surface area contributed by atoms with Crippen molar-refractivity contribution in [2.24, 2.45) is 16.8 Å². The van der Waals surface area contributed by atoms with Crippen LogP contribution in [0.3, 0.4) is 0 Å². The maximum Gasteiger partial charge on any atom is 0.235 e. The standard InChI is InChI=1S/C12H16BrN3O2/c1-3-9(11(14)16-18)12(17)15-10-6-8(13)5-4-7(10)2/h4-6,9,18H,3H2,1-2H3,(H2,14,16)(H,15,17). The van der Waals surface area contributed by atoms with Gasteiger partial charge in [-0.3, -0.25) is 4.79 Å². The number of hydrogen-bond donors (Lipinski definition) is 3. The van der Waals surface area contributed by atoms with Gasteiger partial charge in [0.25, 0.3) is 0 Å². The highest BCUT2D eigenvalue weighted by molar-refractivity contribution is 9.10. The summed E-state index contributed by atoms with van der Waals surface area (Å²) >= 11 is 3.34. The number of aryl methyl sites for hydroxylation is 1. The van der Waals surface area contributed by atoms with Gasteiger partial charge < -0.3 is 16.3 Å². The van der Waals surface area contributed by atoms with Crippen LogP contribution in [0, 0.1) is 12.8 Å². The van der Waals surface area contributed by atoms with Gasteiger partial charge in [-0.2, -0.15) is 0 Å². The van der Waals surface area contributed by atoms with E-state index in [-0.39, 0.29) is 11.7 Å². The summed E-state index contributed by atoms with van der Waals surface area (Å²) in [4.78, 5) is 12.0. The van der Waals surface area contributed by atoms with Gasteiger partial charge >= 0.3 is 0 Å². The summed E-state index contributed by atoms with van der Waals surface area (Å²) < 4.78 is 0.875. The van der Waals surface area contributed by atoms with E-state index in [2.05, 4.69) is 26.4 Å². The Balaban J connectivity index is 2.89. The first-order valence-electron chi connectivity index (χ1n) is 5.54. The number of hydrogen-bond acceptors (Lipinski definition) is 3. The monoisotopic (exact) mass is 313 g/mol. The first-order chi connectivity index (χ1) is 8.49. The third-order valence-electron chi connectivity index (χ3n) is 2.65. The number of rotatable bonds is 4. The highest BCUT2D eigenvalue weighted by Gasteiger charge is 2.21. The van der Waals surface area contributed by atoms with E-state index in [0.29, 0.717) is 12.1 Å². The van der Waals surface area contributed by atoms with Gasteiger partial charge in [-0.1, -0.05) is 34.1 Å². The van der Waals surface area contributed by atoms with Crippen molar-refractivity contribution >= 4 is 33.4 Å². The summed E-state index contributed by atoms with van der Waals surface area (Å²) in [6.07, 6.45) is 0.467. The molecule has 1 atom stereocenters. The lowest BCUT2D eigenvalue weighted by Gasteiger charge is -2.15. The van der Waals surface area contributed by atoms with Crippen LogP contribution in [0.4, 0.5) is 5.69 Å². The molecule has 0 radical (unpaired) electrons. The van der Waals surface area contributed by atoms with Crippen molar-refractivity contribution < 1.29 is 10.0 Å². The summed E-state index contributed by atoms with van der Waals surface area (Å²) in [5, 5.41) is 14.3. The summed E-state index contributed by atoms with van der Waals surface area (Å²) in [5.74, 6) is -0.995. The van der Waals surface area contributed by atoms with E-state index in [1.165, 1.54) is 0 Å². The van der Waals surface area contributed by atoms with E-state index < -0.39 is 5.92 Å². The second-order valence-electron chi connectivity index (χ2n) is 3.93. The highest BCUT2D eigenvalue weighted by atomic mass is 79.9. The smallest absolute Gasteiger partial charge is 0.235 e. The maximum atomic E-state index is 12.0. The van der Waals surface area contributed by atoms with Gasteiger partial charge in [0.05, 0.1) is 5.92 Å². The molecule has 4 N–H and O–H groups in total. The first kappa shape index (κ1) is 14.5. The Bertz CT molecular complexity index is 474. The maximum absolute atomic E-state index is 12.0. The lowest BCUT2D eigenvalue weighted by atomic mass is 10.0. The molecule has 0 fully saturated rings. The molecule has 5 nitrogen and oxygen atoms in total. The van der Waals surface area contributed by atoms with Gasteiger partial charge in [0.15, 0.2) is 5.84 Å². The largest absolute Gasteiger partial charge is 0.409 e. The van der Waals surface area contributed by atoms with E-state index >= 15 is 0 Å². The fourth-order valence-corrected chi connectivity index (χ4v) is 1.91. The number of amides is 1. The van der Waals surface area contributed by atoms with Crippen LogP contribution in [0.15, 0.2) is 27.8 Å². The summed E-state index contributed by atoms with van der Waals surface area (Å²) in [5.41, 5.74) is 7.13. The van der Waals surface area contributed by atoms with Gasteiger partial charge in [-0.05, 0) is 31.0 Å². The second-order valence-corrected chi connectivity index (χ2v) is 4.85. The average molecular weight is 314 g/mol. The SMILES string of the molecule is CCC(C(=O)Nc1cc(Br)ccc1C)C(N)=NO. The van der Waals surface area contributed by atoms with E-state index in [1.54, 1.807) is 6.92 Å². The van der Waals surface area contributed by atoms with Crippen molar-refractivity contribution in [3.05, 3.63) is 28.2 Å². The zero-order valence-corrected chi connectivity index (χ0v) is 11.9. The third-order valence-corrected chi connectivity index (χ3v) is 3.15. The summed E-state index contributed by atoms with van der Waals surface area (Å²) in [6.45, 7) is 3.70. The van der Waals surface area contributed by atoms with Crippen molar-refractivity contribution in [1.29, 1.82) is 0 Å². The van der Waals surface area contributed by atoms with Gasteiger partial charge in [0.1, 0.15) is 0 Å². The number of carbonyl (C=O) groups excluding carboxylic acids is 1. The van der Waals surface area contributed by atoms with Gasteiger partial charge in [0.2, 0.25) is 5.91 Å². The Morgan fingerprint density at radius 1 is 1.61 bits per heavy atom. The van der Waals surface area contributed by atoms with Crippen molar-refractivity contribution in [3.8, 4) is 0 Å². The molecule has 18 heavy (non-hydrogen) atoms. The Hall–Kier alpha value is -1.56. The zero-order valence-electron chi connectivity index (χ0n) is 10.3. The fourth-order valence-electron chi connectivity index (χ4n) is 1.55. The molecule has 0 bridgehead atoms. The van der Waals surface area contributed by atoms with Crippen LogP contribution >= 0.6 is 15.9 Å². The van der Waals surface area contributed by atoms with E-state index in [4.69, 9.17) is 10.9 Å². The molecule has 0 aliphatic carbocycles. The predicted octanol–water partition coefficient (Wildman–Crippen LogP) is 2.47. The minimum Gasteiger partial charge on any atom is -0.409 e. The molecule has 0 aliphatic rings. The number of nitrogens with one attached hydrogen (secondary N) is 1. The highest BCUT2D eigenvalue weighted by Crippen LogP contribution is 2.21. The molecule has 1 amide bonds. The molecule has 1 unspecified atom stereocenters. The van der Waals surface area contributed by atoms with Crippen LogP contribution < -0.4 is 11.1 Å². The number of anilines is 1. The lowest BCUT2D eigenvalue weighted by molar-refractivity contribution is -0.118. The predicted molar refractivity (Wildman–Crippen MR) is 74.7 cm³/mol. The first-order valence-corrected chi connectivity index (χ1v) is 6.33. The second kappa shape index (κ2) is 6.39. The molecular weight excluding hydrogens is 298 g/mol. The van der Waals surface area contributed by atoms with Crippen LogP contribution in [0.25, 0.3) is 0 Å². The van der Waals surface area contributed by atoms with Gasteiger partial charge in [-0.15, -0.1) is 0 Å². The number of halogens is 1. The number of nitrogens with two attached hydrogens (primary N) is 1. The van der Waals surface area contributed by atoms with Crippen molar-refractivity contribution in [2.75, 3.05) is 5.32 Å². The molecular formula is C12H16BrN3O2. The van der Waals surface area contributed by atoms with Crippen LogP contribution in [-0.2, 0) is 4.79 Å². The molecule has 1 aromatic carbocycles. The zero-order chi connectivity index (χ0) is 13.7. The van der Waals surface area contributed by atoms with Crippen LogP contribution in [0.1, 0.15) is 18.9 Å². The number of oxime groups is 1. The number of carbonyl (C=O) groups is 1. The molecule has 98 valence electrons. The van der Waals surface area contributed by atoms with E-state index in [1.807, 2.05) is 25.1 Å².